The van der Waals surface area contributed by atoms with Crippen LogP contribution in [0.5, 0.6) is 0 Å². The second-order valence-corrected chi connectivity index (χ2v) is 7.43. The quantitative estimate of drug-likeness (QED) is 0.745. The van der Waals surface area contributed by atoms with Crippen molar-refractivity contribution in [3.05, 3.63) is 35.9 Å². The highest BCUT2D eigenvalue weighted by atomic mass is 35.5. The molecule has 0 N–H and O–H groups in total. The molecule has 0 aliphatic carbocycles. The first kappa shape index (κ1) is 18.8. The molecule has 1 unspecified atom stereocenters. The SMILES string of the molecule is CSCC(C)C(=O)N(CC(C)C)c1cn(-c2cccnc2)nc1Cl. The molecule has 0 bridgehead atoms. The summed E-state index contributed by atoms with van der Waals surface area (Å²) >= 11 is 8.01. The average Bonchev–Trinajstić information content (AvgIpc) is 2.94. The van der Waals surface area contributed by atoms with Gasteiger partial charge in [0.2, 0.25) is 5.91 Å². The fourth-order valence-corrected chi connectivity index (χ4v) is 3.28. The Kier molecular flexibility index (Phi) is 6.69. The van der Waals surface area contributed by atoms with E-state index in [1.807, 2.05) is 25.3 Å². The number of nitrogens with zero attached hydrogens (tertiary/aromatic N) is 4. The number of thioether (sulfide) groups is 1. The molecular formula is C17H23ClN4OS. The van der Waals surface area contributed by atoms with E-state index in [0.717, 1.165) is 11.4 Å². The van der Waals surface area contributed by atoms with E-state index in [4.69, 9.17) is 11.6 Å². The number of rotatable bonds is 7. The number of carbonyl (C=O) groups is 1. The summed E-state index contributed by atoms with van der Waals surface area (Å²) in [6.07, 6.45) is 7.21. The standard InChI is InChI=1S/C17H23ClN4OS/c1-12(2)9-21(17(23)13(3)11-24-4)15-10-22(20-16(15)18)14-6-5-7-19-8-14/h5-8,10,12-13H,9,11H2,1-4H3. The van der Waals surface area contributed by atoms with Crippen molar-refractivity contribution in [3.8, 4) is 5.69 Å². The first-order valence-corrected chi connectivity index (χ1v) is 9.67. The van der Waals surface area contributed by atoms with E-state index in [1.54, 1.807) is 39.9 Å². The average molecular weight is 367 g/mol. The smallest absolute Gasteiger partial charge is 0.230 e. The van der Waals surface area contributed by atoms with Gasteiger partial charge in [-0.05, 0) is 24.3 Å². The van der Waals surface area contributed by atoms with E-state index in [1.165, 1.54) is 0 Å². The zero-order chi connectivity index (χ0) is 17.7. The highest BCUT2D eigenvalue weighted by Gasteiger charge is 2.26. The van der Waals surface area contributed by atoms with Crippen LogP contribution in [0.15, 0.2) is 30.7 Å². The second kappa shape index (κ2) is 8.53. The predicted molar refractivity (Wildman–Crippen MR) is 101 cm³/mol. The Morgan fingerprint density at radius 2 is 2.17 bits per heavy atom. The molecule has 0 fully saturated rings. The molecule has 24 heavy (non-hydrogen) atoms. The summed E-state index contributed by atoms with van der Waals surface area (Å²) in [5, 5.41) is 4.66. The lowest BCUT2D eigenvalue weighted by Crippen LogP contribution is -2.38. The number of hydrogen-bond acceptors (Lipinski definition) is 4. The Balaban J connectivity index is 2.36. The number of amides is 1. The molecule has 0 aliphatic heterocycles. The lowest BCUT2D eigenvalue weighted by molar-refractivity contribution is -0.121. The molecule has 1 amide bonds. The molecule has 1 atom stereocenters. The summed E-state index contributed by atoms with van der Waals surface area (Å²) < 4.78 is 1.66. The summed E-state index contributed by atoms with van der Waals surface area (Å²) in [4.78, 5) is 18.7. The van der Waals surface area contributed by atoms with E-state index >= 15 is 0 Å². The third-order valence-corrected chi connectivity index (χ3v) is 4.61. The van der Waals surface area contributed by atoms with Crippen molar-refractivity contribution in [2.45, 2.75) is 20.8 Å². The molecule has 0 aromatic carbocycles. The Morgan fingerprint density at radius 3 is 2.75 bits per heavy atom. The Bertz CT molecular complexity index is 674. The van der Waals surface area contributed by atoms with Crippen molar-refractivity contribution >= 4 is 35.0 Å². The molecule has 2 heterocycles. The van der Waals surface area contributed by atoms with Gasteiger partial charge >= 0.3 is 0 Å². The maximum atomic E-state index is 12.9. The lowest BCUT2D eigenvalue weighted by atomic mass is 10.1. The van der Waals surface area contributed by atoms with E-state index in [0.29, 0.717) is 23.3 Å². The Labute approximate surface area is 152 Å². The summed E-state index contributed by atoms with van der Waals surface area (Å²) in [6, 6.07) is 3.73. The third-order valence-electron chi connectivity index (χ3n) is 3.50. The highest BCUT2D eigenvalue weighted by molar-refractivity contribution is 7.98. The molecule has 0 saturated heterocycles. The summed E-state index contributed by atoms with van der Waals surface area (Å²) in [7, 11) is 0. The second-order valence-electron chi connectivity index (χ2n) is 6.16. The van der Waals surface area contributed by atoms with Crippen LogP contribution in [0.2, 0.25) is 5.15 Å². The van der Waals surface area contributed by atoms with Crippen molar-refractivity contribution in [1.82, 2.24) is 14.8 Å². The van der Waals surface area contributed by atoms with Crippen LogP contribution in [0.25, 0.3) is 5.69 Å². The minimum atomic E-state index is -0.0726. The van der Waals surface area contributed by atoms with Crippen LogP contribution < -0.4 is 4.90 Å². The van der Waals surface area contributed by atoms with Crippen LogP contribution in [0.1, 0.15) is 20.8 Å². The summed E-state index contributed by atoms with van der Waals surface area (Å²) in [5.41, 5.74) is 1.45. The molecule has 0 aliphatic rings. The zero-order valence-corrected chi connectivity index (χ0v) is 16.0. The van der Waals surface area contributed by atoms with Crippen molar-refractivity contribution in [2.75, 3.05) is 23.5 Å². The fraction of sp³-hybridized carbons (Fsp3) is 0.471. The van der Waals surface area contributed by atoms with Gasteiger partial charge < -0.3 is 4.90 Å². The van der Waals surface area contributed by atoms with Gasteiger partial charge in [0.1, 0.15) is 5.69 Å². The van der Waals surface area contributed by atoms with Crippen LogP contribution in [-0.2, 0) is 4.79 Å². The number of carbonyl (C=O) groups excluding carboxylic acids is 1. The number of halogens is 1. The minimum absolute atomic E-state index is 0.0726. The molecular weight excluding hydrogens is 344 g/mol. The Hall–Kier alpha value is -1.53. The summed E-state index contributed by atoms with van der Waals surface area (Å²) in [5.74, 6) is 1.11. The van der Waals surface area contributed by atoms with Gasteiger partial charge in [-0.3, -0.25) is 9.78 Å². The first-order valence-electron chi connectivity index (χ1n) is 7.90. The van der Waals surface area contributed by atoms with Crippen LogP contribution in [-0.4, -0.2) is 39.2 Å². The predicted octanol–water partition coefficient (Wildman–Crippen LogP) is 3.91. The molecule has 130 valence electrons. The van der Waals surface area contributed by atoms with Gasteiger partial charge in [0.15, 0.2) is 5.15 Å². The van der Waals surface area contributed by atoms with Crippen LogP contribution in [0.3, 0.4) is 0 Å². The topological polar surface area (TPSA) is 51.0 Å². The molecule has 2 rings (SSSR count). The van der Waals surface area contributed by atoms with E-state index in [-0.39, 0.29) is 11.8 Å². The van der Waals surface area contributed by atoms with Crippen LogP contribution in [0, 0.1) is 11.8 Å². The number of aromatic nitrogens is 3. The van der Waals surface area contributed by atoms with E-state index in [2.05, 4.69) is 23.9 Å². The molecule has 7 heteroatoms. The van der Waals surface area contributed by atoms with Gasteiger partial charge in [-0.2, -0.15) is 16.9 Å². The summed E-state index contributed by atoms with van der Waals surface area (Å²) in [6.45, 7) is 6.72. The van der Waals surface area contributed by atoms with Gasteiger partial charge in [0.25, 0.3) is 0 Å². The molecule has 0 saturated carbocycles. The van der Waals surface area contributed by atoms with Gasteiger partial charge in [-0.15, -0.1) is 0 Å². The number of hydrogen-bond donors (Lipinski definition) is 0. The lowest BCUT2D eigenvalue weighted by Gasteiger charge is -2.26. The van der Waals surface area contributed by atoms with Crippen LogP contribution in [0.4, 0.5) is 5.69 Å². The fourth-order valence-electron chi connectivity index (χ4n) is 2.41. The van der Waals surface area contributed by atoms with Gasteiger partial charge in [0.05, 0.1) is 18.1 Å². The normalized spacial score (nSPS) is 12.4. The van der Waals surface area contributed by atoms with Gasteiger partial charge in [-0.25, -0.2) is 4.68 Å². The number of anilines is 1. The molecule has 2 aromatic heterocycles. The Morgan fingerprint density at radius 1 is 1.42 bits per heavy atom. The van der Waals surface area contributed by atoms with Crippen molar-refractivity contribution in [2.24, 2.45) is 11.8 Å². The van der Waals surface area contributed by atoms with E-state index < -0.39 is 0 Å². The molecule has 5 nitrogen and oxygen atoms in total. The largest absolute Gasteiger partial charge is 0.308 e. The van der Waals surface area contributed by atoms with E-state index in [9.17, 15) is 4.79 Å². The monoisotopic (exact) mass is 366 g/mol. The third kappa shape index (κ3) is 4.51. The zero-order valence-electron chi connectivity index (χ0n) is 14.4. The number of pyridine rings is 1. The van der Waals surface area contributed by atoms with Gasteiger partial charge in [-0.1, -0.05) is 32.4 Å². The molecule has 0 radical (unpaired) electrons. The molecule has 2 aromatic rings. The van der Waals surface area contributed by atoms with Crippen molar-refractivity contribution in [1.29, 1.82) is 0 Å². The minimum Gasteiger partial charge on any atom is -0.308 e. The maximum absolute atomic E-state index is 12.9. The van der Waals surface area contributed by atoms with Crippen molar-refractivity contribution < 1.29 is 4.79 Å². The van der Waals surface area contributed by atoms with Crippen LogP contribution >= 0.6 is 23.4 Å². The highest BCUT2D eigenvalue weighted by Crippen LogP contribution is 2.28. The first-order chi connectivity index (χ1) is 11.4. The maximum Gasteiger partial charge on any atom is 0.230 e. The molecule has 0 spiro atoms. The van der Waals surface area contributed by atoms with Crippen molar-refractivity contribution in [3.63, 3.8) is 0 Å². The van der Waals surface area contributed by atoms with Gasteiger partial charge in [0, 0.05) is 24.4 Å².